The van der Waals surface area contributed by atoms with Crippen LogP contribution in [0.2, 0.25) is 5.02 Å². The zero-order valence-electron chi connectivity index (χ0n) is 17.6. The van der Waals surface area contributed by atoms with E-state index in [0.717, 1.165) is 42.4 Å². The zero-order valence-corrected chi connectivity index (χ0v) is 18.4. The summed E-state index contributed by atoms with van der Waals surface area (Å²) in [7, 11) is 0. The van der Waals surface area contributed by atoms with Crippen LogP contribution in [-0.2, 0) is 6.42 Å². The first kappa shape index (κ1) is 22.3. The number of rotatable bonds is 5. The molecule has 1 unspecified atom stereocenters. The molecule has 32 heavy (non-hydrogen) atoms. The third-order valence-corrected chi connectivity index (χ3v) is 6.20. The highest BCUT2D eigenvalue weighted by Crippen LogP contribution is 2.26. The molecule has 1 aliphatic heterocycles. The number of urea groups is 1. The van der Waals surface area contributed by atoms with Crippen LogP contribution in [0.4, 0.5) is 13.6 Å². The summed E-state index contributed by atoms with van der Waals surface area (Å²) in [5, 5.41) is 3.79. The summed E-state index contributed by atoms with van der Waals surface area (Å²) in [4.78, 5) is 15.3. The van der Waals surface area contributed by atoms with Gasteiger partial charge in [-0.05, 0) is 78.8 Å². The Morgan fingerprint density at radius 1 is 0.906 bits per heavy atom. The van der Waals surface area contributed by atoms with Gasteiger partial charge in [0.1, 0.15) is 11.6 Å². The fourth-order valence-electron chi connectivity index (χ4n) is 4.25. The van der Waals surface area contributed by atoms with Crippen LogP contribution in [0, 0.1) is 11.6 Å². The van der Waals surface area contributed by atoms with Crippen molar-refractivity contribution in [3.8, 4) is 0 Å². The number of carbonyl (C=O) groups excluding carboxylic acids is 1. The first-order chi connectivity index (χ1) is 15.5. The van der Waals surface area contributed by atoms with Crippen molar-refractivity contribution in [2.24, 2.45) is 0 Å². The van der Waals surface area contributed by atoms with E-state index < -0.39 is 6.04 Å². The maximum atomic E-state index is 13.5. The van der Waals surface area contributed by atoms with Gasteiger partial charge in [-0.25, -0.2) is 13.6 Å². The van der Waals surface area contributed by atoms with E-state index in [2.05, 4.69) is 5.32 Å². The van der Waals surface area contributed by atoms with Crippen molar-refractivity contribution < 1.29 is 13.6 Å². The number of carbonyl (C=O) groups is 1. The number of hydrogen-bond donors (Lipinski definition) is 1. The van der Waals surface area contributed by atoms with E-state index in [4.69, 9.17) is 11.6 Å². The van der Waals surface area contributed by atoms with Crippen molar-refractivity contribution in [1.82, 2.24) is 10.2 Å². The monoisotopic (exact) mass is 454 g/mol. The van der Waals surface area contributed by atoms with Crippen LogP contribution in [-0.4, -0.2) is 23.5 Å². The Kier molecular flexibility index (Phi) is 7.05. The molecular weight excluding hydrogens is 430 g/mol. The summed E-state index contributed by atoms with van der Waals surface area (Å²) < 4.78 is 27.0. The Morgan fingerprint density at radius 2 is 1.47 bits per heavy atom. The highest BCUT2D eigenvalue weighted by molar-refractivity contribution is 6.30. The number of benzene rings is 3. The molecule has 1 N–H and O–H groups in total. The minimum atomic E-state index is -0.512. The predicted molar refractivity (Wildman–Crippen MR) is 123 cm³/mol. The minimum Gasteiger partial charge on any atom is -0.327 e. The Bertz CT molecular complexity index is 993. The van der Waals surface area contributed by atoms with Gasteiger partial charge in [-0.15, -0.1) is 0 Å². The summed E-state index contributed by atoms with van der Waals surface area (Å²) in [6, 6.07) is 19.1. The maximum Gasteiger partial charge on any atom is 0.318 e. The van der Waals surface area contributed by atoms with Crippen molar-refractivity contribution in [2.45, 2.75) is 37.8 Å². The average molecular weight is 455 g/mol. The van der Waals surface area contributed by atoms with Crippen molar-refractivity contribution >= 4 is 17.6 Å². The molecule has 0 aromatic heterocycles. The van der Waals surface area contributed by atoms with E-state index in [9.17, 15) is 13.6 Å². The van der Waals surface area contributed by atoms with Gasteiger partial charge in [-0.2, -0.15) is 0 Å². The highest BCUT2D eigenvalue weighted by Gasteiger charge is 2.29. The Morgan fingerprint density at radius 3 is 2.03 bits per heavy atom. The predicted octanol–water partition coefficient (Wildman–Crippen LogP) is 6.51. The molecule has 2 amide bonds. The molecule has 0 spiro atoms. The lowest BCUT2D eigenvalue weighted by atomic mass is 9.95. The third kappa shape index (κ3) is 5.46. The molecule has 1 fully saturated rings. The first-order valence-corrected chi connectivity index (χ1v) is 11.2. The molecule has 1 saturated heterocycles. The molecule has 0 bridgehead atoms. The van der Waals surface area contributed by atoms with Crippen LogP contribution in [0.1, 0.15) is 42.0 Å². The summed E-state index contributed by atoms with van der Waals surface area (Å²) in [6.45, 7) is 0.670. The first-order valence-electron chi connectivity index (χ1n) is 10.8. The van der Waals surface area contributed by atoms with Gasteiger partial charge in [-0.1, -0.05) is 48.0 Å². The second-order valence-corrected chi connectivity index (χ2v) is 8.60. The largest absolute Gasteiger partial charge is 0.327 e. The molecular formula is C26H25ClF2N2O. The molecule has 1 atom stereocenters. The normalized spacial score (nSPS) is 16.2. The van der Waals surface area contributed by atoms with E-state index in [-0.39, 0.29) is 23.7 Å². The van der Waals surface area contributed by atoms with Crippen molar-refractivity contribution in [2.75, 3.05) is 6.54 Å². The van der Waals surface area contributed by atoms with Gasteiger partial charge in [0.2, 0.25) is 0 Å². The molecule has 6 heteroatoms. The lowest BCUT2D eigenvalue weighted by Gasteiger charge is -2.37. The van der Waals surface area contributed by atoms with E-state index >= 15 is 0 Å². The second kappa shape index (κ2) is 10.1. The lowest BCUT2D eigenvalue weighted by Crippen LogP contribution is -2.50. The molecule has 3 aromatic carbocycles. The topological polar surface area (TPSA) is 32.3 Å². The van der Waals surface area contributed by atoms with E-state index in [1.54, 1.807) is 24.3 Å². The number of nitrogens with one attached hydrogen (secondary N) is 1. The SMILES string of the molecule is O=C(NC(c1ccc(F)cc1)c1ccc(F)cc1)N1CCCCC1Cc1ccc(Cl)cc1. The smallest absolute Gasteiger partial charge is 0.318 e. The molecule has 1 heterocycles. The molecule has 3 nitrogen and oxygen atoms in total. The van der Waals surface area contributed by atoms with Crippen molar-refractivity contribution in [3.05, 3.63) is 106 Å². The van der Waals surface area contributed by atoms with Crippen LogP contribution in [0.25, 0.3) is 0 Å². The number of piperidine rings is 1. The number of halogens is 3. The third-order valence-electron chi connectivity index (χ3n) is 5.95. The van der Waals surface area contributed by atoms with Gasteiger partial charge >= 0.3 is 6.03 Å². The molecule has 166 valence electrons. The van der Waals surface area contributed by atoms with Crippen LogP contribution in [0.15, 0.2) is 72.8 Å². The Labute approximate surface area is 192 Å². The summed E-state index contributed by atoms with van der Waals surface area (Å²) in [6.07, 6.45) is 3.69. The lowest BCUT2D eigenvalue weighted by molar-refractivity contribution is 0.149. The van der Waals surface area contributed by atoms with Gasteiger partial charge < -0.3 is 10.2 Å². The zero-order chi connectivity index (χ0) is 22.5. The average Bonchev–Trinajstić information content (AvgIpc) is 2.81. The van der Waals surface area contributed by atoms with Crippen LogP contribution >= 0.6 is 11.6 Å². The number of nitrogens with zero attached hydrogens (tertiary/aromatic N) is 1. The van der Waals surface area contributed by atoms with Crippen molar-refractivity contribution in [1.29, 1.82) is 0 Å². The second-order valence-electron chi connectivity index (χ2n) is 8.16. The Balaban J connectivity index is 1.56. The van der Waals surface area contributed by atoms with Gasteiger partial charge in [0.15, 0.2) is 0 Å². The van der Waals surface area contributed by atoms with Crippen LogP contribution in [0.3, 0.4) is 0 Å². The fraction of sp³-hybridized carbons (Fsp3) is 0.269. The molecule has 0 aliphatic carbocycles. The summed E-state index contributed by atoms with van der Waals surface area (Å²) in [5.41, 5.74) is 2.60. The fourth-order valence-corrected chi connectivity index (χ4v) is 4.37. The highest BCUT2D eigenvalue weighted by atomic mass is 35.5. The molecule has 0 saturated carbocycles. The van der Waals surface area contributed by atoms with Crippen molar-refractivity contribution in [3.63, 3.8) is 0 Å². The van der Waals surface area contributed by atoms with Gasteiger partial charge in [0.05, 0.1) is 6.04 Å². The molecule has 1 aliphatic rings. The van der Waals surface area contributed by atoms with Crippen LogP contribution in [0.5, 0.6) is 0 Å². The minimum absolute atomic E-state index is 0.0759. The summed E-state index contributed by atoms with van der Waals surface area (Å²) >= 11 is 6.01. The van der Waals surface area contributed by atoms with E-state index in [1.165, 1.54) is 24.3 Å². The van der Waals surface area contributed by atoms with Crippen LogP contribution < -0.4 is 5.32 Å². The van der Waals surface area contributed by atoms with Gasteiger partial charge in [-0.3, -0.25) is 0 Å². The number of hydrogen-bond acceptors (Lipinski definition) is 1. The molecule has 0 radical (unpaired) electrons. The van der Waals surface area contributed by atoms with E-state index in [1.807, 2.05) is 29.2 Å². The maximum absolute atomic E-state index is 13.5. The summed E-state index contributed by atoms with van der Waals surface area (Å²) in [5.74, 6) is -0.700. The Hall–Kier alpha value is -2.92. The molecule has 3 aromatic rings. The number of likely N-dealkylation sites (tertiary alicyclic amines) is 1. The van der Waals surface area contributed by atoms with Gasteiger partial charge in [0, 0.05) is 17.6 Å². The number of amides is 2. The van der Waals surface area contributed by atoms with Gasteiger partial charge in [0.25, 0.3) is 0 Å². The quantitative estimate of drug-likeness (QED) is 0.468. The standard InChI is InChI=1S/C26H25ClF2N2O/c27-21-10-4-18(5-11-21)17-24-3-1-2-16-31(24)26(32)30-25(19-6-12-22(28)13-7-19)20-8-14-23(29)15-9-20/h4-15,24-25H,1-3,16-17H2,(H,30,32). The van der Waals surface area contributed by atoms with E-state index in [0.29, 0.717) is 11.6 Å². The molecule has 4 rings (SSSR count).